The number of carbonyl (C=O) groups is 1. The van der Waals surface area contributed by atoms with Gasteiger partial charge >= 0.3 is 0 Å². The first-order valence-corrected chi connectivity index (χ1v) is 9.34. The van der Waals surface area contributed by atoms with Crippen LogP contribution in [-0.4, -0.2) is 38.3 Å². The van der Waals surface area contributed by atoms with Gasteiger partial charge in [-0.2, -0.15) is 0 Å². The van der Waals surface area contributed by atoms with Crippen LogP contribution in [0.5, 0.6) is 0 Å². The summed E-state index contributed by atoms with van der Waals surface area (Å²) in [7, 11) is -3.50. The first-order valence-electron chi connectivity index (χ1n) is 7.69. The number of carbonyl (C=O) groups excluding carboxylic acids is 1. The fraction of sp³-hybridized carbons (Fsp3) is 0.562. The summed E-state index contributed by atoms with van der Waals surface area (Å²) in [4.78, 5) is 12.1. The lowest BCUT2D eigenvalue weighted by Gasteiger charge is -2.20. The van der Waals surface area contributed by atoms with Gasteiger partial charge in [-0.05, 0) is 51.8 Å². The average molecular weight is 340 g/mol. The topological polar surface area (TPSA) is 84.5 Å². The summed E-state index contributed by atoms with van der Waals surface area (Å²) in [5.41, 5.74) is 0.439. The van der Waals surface area contributed by atoms with Crippen molar-refractivity contribution in [2.75, 3.05) is 17.1 Å². The first kappa shape index (κ1) is 17.7. The first-order chi connectivity index (χ1) is 10.6. The molecule has 1 aromatic rings. The van der Waals surface area contributed by atoms with Crippen LogP contribution in [-0.2, 0) is 14.8 Å². The zero-order chi connectivity index (χ0) is 17.1. The molecule has 0 spiro atoms. The molecule has 0 aliphatic carbocycles. The molecule has 1 atom stereocenters. The lowest BCUT2D eigenvalue weighted by molar-refractivity contribution is 0.0919. The number of benzene rings is 1. The monoisotopic (exact) mass is 340 g/mol. The van der Waals surface area contributed by atoms with Crippen molar-refractivity contribution in [2.24, 2.45) is 0 Å². The van der Waals surface area contributed by atoms with Crippen LogP contribution in [0.1, 0.15) is 44.0 Å². The Morgan fingerprint density at radius 1 is 1.35 bits per heavy atom. The Bertz CT molecular complexity index is 659. The van der Waals surface area contributed by atoms with Crippen molar-refractivity contribution in [1.82, 2.24) is 5.32 Å². The molecule has 0 bridgehead atoms. The number of hydrogen-bond donors (Lipinski definition) is 2. The van der Waals surface area contributed by atoms with Crippen LogP contribution >= 0.6 is 0 Å². The third kappa shape index (κ3) is 5.84. The van der Waals surface area contributed by atoms with Crippen molar-refractivity contribution < 1.29 is 17.9 Å². The largest absolute Gasteiger partial charge is 0.377 e. The van der Waals surface area contributed by atoms with Crippen molar-refractivity contribution in [3.05, 3.63) is 29.8 Å². The molecule has 2 rings (SSSR count). The van der Waals surface area contributed by atoms with E-state index in [1.807, 2.05) is 20.8 Å². The zero-order valence-corrected chi connectivity index (χ0v) is 14.6. The molecule has 1 fully saturated rings. The standard InChI is InChI=1S/C16H24N2O4S/c1-16(2,3)17-15(19)12-6-4-7-13(10-12)18-23(20,21)11-14-8-5-9-22-14/h4,6-7,10,14,18H,5,8-9,11H2,1-3H3,(H,17,19). The van der Waals surface area contributed by atoms with Gasteiger partial charge in [-0.1, -0.05) is 6.07 Å². The highest BCUT2D eigenvalue weighted by molar-refractivity contribution is 7.92. The maximum absolute atomic E-state index is 12.2. The van der Waals surface area contributed by atoms with Crippen LogP contribution in [0.2, 0.25) is 0 Å². The van der Waals surface area contributed by atoms with Crippen molar-refractivity contribution in [2.45, 2.75) is 45.3 Å². The van der Waals surface area contributed by atoms with E-state index in [9.17, 15) is 13.2 Å². The number of amides is 1. The van der Waals surface area contributed by atoms with E-state index in [1.165, 1.54) is 6.07 Å². The lowest BCUT2D eigenvalue weighted by atomic mass is 10.1. The average Bonchev–Trinajstić information content (AvgIpc) is 2.88. The summed E-state index contributed by atoms with van der Waals surface area (Å²) < 4.78 is 32.2. The van der Waals surface area contributed by atoms with Crippen molar-refractivity contribution in [3.8, 4) is 0 Å². The number of anilines is 1. The van der Waals surface area contributed by atoms with E-state index in [4.69, 9.17) is 4.74 Å². The van der Waals surface area contributed by atoms with Crippen molar-refractivity contribution in [1.29, 1.82) is 0 Å². The summed E-state index contributed by atoms with van der Waals surface area (Å²) in [6.45, 7) is 6.28. The highest BCUT2D eigenvalue weighted by atomic mass is 32.2. The van der Waals surface area contributed by atoms with Gasteiger partial charge in [-0.3, -0.25) is 9.52 Å². The van der Waals surface area contributed by atoms with Crippen LogP contribution in [0.3, 0.4) is 0 Å². The lowest BCUT2D eigenvalue weighted by Crippen LogP contribution is -2.40. The molecule has 0 aromatic heterocycles. The molecule has 2 N–H and O–H groups in total. The highest BCUT2D eigenvalue weighted by Gasteiger charge is 2.23. The molecule has 1 amide bonds. The molecular weight excluding hydrogens is 316 g/mol. The van der Waals surface area contributed by atoms with Crippen LogP contribution in [0, 0.1) is 0 Å². The number of sulfonamides is 1. The molecule has 7 heteroatoms. The Labute approximate surface area is 137 Å². The smallest absolute Gasteiger partial charge is 0.251 e. The predicted molar refractivity (Wildman–Crippen MR) is 90.0 cm³/mol. The Morgan fingerprint density at radius 3 is 2.70 bits per heavy atom. The van der Waals surface area contributed by atoms with Gasteiger partial charge in [0, 0.05) is 23.4 Å². The summed E-state index contributed by atoms with van der Waals surface area (Å²) in [5.74, 6) is -0.302. The van der Waals surface area contributed by atoms with Crippen LogP contribution in [0.25, 0.3) is 0 Å². The summed E-state index contributed by atoms with van der Waals surface area (Å²) in [5, 5.41) is 2.85. The molecule has 0 saturated carbocycles. The molecule has 1 aromatic carbocycles. The van der Waals surface area contributed by atoms with E-state index in [1.54, 1.807) is 18.2 Å². The van der Waals surface area contributed by atoms with Gasteiger partial charge in [0.15, 0.2) is 0 Å². The highest BCUT2D eigenvalue weighted by Crippen LogP contribution is 2.17. The minimum absolute atomic E-state index is 0.0641. The number of nitrogens with one attached hydrogen (secondary N) is 2. The number of ether oxygens (including phenoxy) is 1. The van der Waals surface area contributed by atoms with E-state index < -0.39 is 10.0 Å². The van der Waals surface area contributed by atoms with Crippen LogP contribution in [0.15, 0.2) is 24.3 Å². The Kier molecular flexibility index (Phi) is 5.31. The molecule has 1 aliphatic rings. The SMILES string of the molecule is CC(C)(C)NC(=O)c1cccc(NS(=O)(=O)CC2CCCO2)c1. The second kappa shape index (κ2) is 6.88. The molecule has 0 radical (unpaired) electrons. The molecule has 1 unspecified atom stereocenters. The third-order valence-corrected chi connectivity index (χ3v) is 4.67. The van der Waals surface area contributed by atoms with Gasteiger partial charge in [0.25, 0.3) is 5.91 Å². The molecule has 1 saturated heterocycles. The van der Waals surface area contributed by atoms with Crippen molar-refractivity contribution in [3.63, 3.8) is 0 Å². The van der Waals surface area contributed by atoms with Crippen LogP contribution in [0.4, 0.5) is 5.69 Å². The minimum atomic E-state index is -3.50. The number of rotatable bonds is 5. The fourth-order valence-corrected chi connectivity index (χ4v) is 3.70. The summed E-state index contributed by atoms with van der Waals surface area (Å²) in [6.07, 6.45) is 1.40. The number of hydrogen-bond acceptors (Lipinski definition) is 4. The van der Waals surface area contributed by atoms with Gasteiger partial charge < -0.3 is 10.1 Å². The van der Waals surface area contributed by atoms with E-state index in [-0.39, 0.29) is 23.3 Å². The van der Waals surface area contributed by atoms with Gasteiger partial charge in [0.2, 0.25) is 10.0 Å². The van der Waals surface area contributed by atoms with Gasteiger partial charge in [0.1, 0.15) is 0 Å². The van der Waals surface area contributed by atoms with E-state index >= 15 is 0 Å². The summed E-state index contributed by atoms with van der Waals surface area (Å²) in [6, 6.07) is 6.47. The maximum Gasteiger partial charge on any atom is 0.251 e. The Balaban J connectivity index is 2.05. The minimum Gasteiger partial charge on any atom is -0.377 e. The molecule has 6 nitrogen and oxygen atoms in total. The molecule has 23 heavy (non-hydrogen) atoms. The molecule has 1 aliphatic heterocycles. The molecular formula is C16H24N2O4S. The molecule has 128 valence electrons. The van der Waals surface area contributed by atoms with E-state index in [0.717, 1.165) is 12.8 Å². The normalized spacial score (nSPS) is 18.7. The van der Waals surface area contributed by atoms with E-state index in [0.29, 0.717) is 17.9 Å². The third-order valence-electron chi connectivity index (χ3n) is 3.32. The summed E-state index contributed by atoms with van der Waals surface area (Å²) >= 11 is 0. The quantitative estimate of drug-likeness (QED) is 0.860. The predicted octanol–water partition coefficient (Wildman–Crippen LogP) is 2.14. The maximum atomic E-state index is 12.2. The second-order valence-electron chi connectivity index (χ2n) is 6.80. The van der Waals surface area contributed by atoms with E-state index in [2.05, 4.69) is 10.0 Å². The van der Waals surface area contributed by atoms with Gasteiger partial charge in [-0.25, -0.2) is 8.42 Å². The van der Waals surface area contributed by atoms with Crippen molar-refractivity contribution >= 4 is 21.6 Å². The Hall–Kier alpha value is -1.60. The molecule has 1 heterocycles. The Morgan fingerprint density at radius 2 is 2.09 bits per heavy atom. The van der Waals surface area contributed by atoms with Gasteiger partial charge in [0.05, 0.1) is 11.9 Å². The van der Waals surface area contributed by atoms with Gasteiger partial charge in [-0.15, -0.1) is 0 Å². The zero-order valence-electron chi connectivity index (χ0n) is 13.8. The van der Waals surface area contributed by atoms with Crippen LogP contribution < -0.4 is 10.0 Å². The second-order valence-corrected chi connectivity index (χ2v) is 8.57. The fourth-order valence-electron chi connectivity index (χ4n) is 2.38.